The van der Waals surface area contributed by atoms with Crippen LogP contribution in [0, 0.1) is 0 Å². The van der Waals surface area contributed by atoms with Gasteiger partial charge in [0.25, 0.3) is 0 Å². The van der Waals surface area contributed by atoms with Crippen LogP contribution >= 0.6 is 0 Å². The number of H-pyrrole nitrogens is 1. The molecule has 0 unspecified atom stereocenters. The molecule has 2 heterocycles. The number of ether oxygens (including phenoxy) is 1. The number of carboxylic acids is 1. The summed E-state index contributed by atoms with van der Waals surface area (Å²) in [5.74, 6) is 0.265. The summed E-state index contributed by atoms with van der Waals surface area (Å²) in [6, 6.07) is 22.9. The summed E-state index contributed by atoms with van der Waals surface area (Å²) in [5, 5.41) is 11.5. The maximum atomic E-state index is 11.5. The van der Waals surface area contributed by atoms with E-state index in [1.165, 1.54) is 6.07 Å². The molecule has 0 saturated heterocycles. The van der Waals surface area contributed by atoms with Crippen LogP contribution in [0.25, 0.3) is 16.8 Å². The number of carbonyl (C=O) groups is 1. The van der Waals surface area contributed by atoms with Crippen molar-refractivity contribution in [2.24, 2.45) is 0 Å². The van der Waals surface area contributed by atoms with Gasteiger partial charge in [0, 0.05) is 12.0 Å². The normalized spacial score (nSPS) is 13.7. The molecular formula is C26H19N2O3-. The van der Waals surface area contributed by atoms with Crippen molar-refractivity contribution in [1.82, 2.24) is 9.97 Å². The molecule has 0 saturated carbocycles. The van der Waals surface area contributed by atoms with E-state index < -0.39 is 5.97 Å². The second-order valence-corrected chi connectivity index (χ2v) is 7.38. The SMILES string of the molecule is O=C([O-])c1ccc2c(c1)/C(=C/Cc1ncc(-c3ccccc3)[nH]1)c1ccccc1CO2. The lowest BCUT2D eigenvalue weighted by Gasteiger charge is -2.13. The molecule has 4 aromatic rings. The number of hydrogen-bond donors (Lipinski definition) is 1. The molecule has 1 aromatic heterocycles. The zero-order chi connectivity index (χ0) is 21.2. The van der Waals surface area contributed by atoms with Crippen molar-refractivity contribution in [1.29, 1.82) is 0 Å². The summed E-state index contributed by atoms with van der Waals surface area (Å²) in [6.45, 7) is 0.421. The van der Waals surface area contributed by atoms with E-state index in [2.05, 4.69) is 16.0 Å². The number of carboxylic acid groups (broad SMARTS) is 1. The van der Waals surface area contributed by atoms with Crippen molar-refractivity contribution in [2.75, 3.05) is 0 Å². The lowest BCUT2D eigenvalue weighted by Crippen LogP contribution is -2.22. The van der Waals surface area contributed by atoms with Gasteiger partial charge in [0.1, 0.15) is 18.2 Å². The summed E-state index contributed by atoms with van der Waals surface area (Å²) in [5.41, 5.74) is 5.88. The molecule has 5 heteroatoms. The standard InChI is InChI=1S/C26H20N2O3/c29-26(30)18-10-12-24-22(14-18)21(20-9-5-4-8-19(20)16-31-24)11-13-25-27-15-23(28-25)17-6-2-1-3-7-17/h1-12,14-15H,13,16H2,(H,27,28)(H,29,30)/p-1/b21-11+. The minimum absolute atomic E-state index is 0.122. The van der Waals surface area contributed by atoms with Gasteiger partial charge in [0.05, 0.1) is 17.9 Å². The highest BCUT2D eigenvalue weighted by Gasteiger charge is 2.19. The van der Waals surface area contributed by atoms with Crippen molar-refractivity contribution in [3.05, 3.63) is 113 Å². The molecule has 0 fully saturated rings. The summed E-state index contributed by atoms with van der Waals surface area (Å²) >= 11 is 0. The third kappa shape index (κ3) is 3.73. The van der Waals surface area contributed by atoms with Crippen LogP contribution in [-0.2, 0) is 13.0 Å². The first-order chi connectivity index (χ1) is 15.2. The van der Waals surface area contributed by atoms with E-state index in [0.29, 0.717) is 18.8 Å². The Hall–Kier alpha value is -4.12. The molecule has 0 aliphatic carbocycles. The van der Waals surface area contributed by atoms with Gasteiger partial charge in [0.2, 0.25) is 0 Å². The van der Waals surface area contributed by atoms with Gasteiger partial charge in [-0.15, -0.1) is 0 Å². The molecule has 1 aliphatic rings. The van der Waals surface area contributed by atoms with E-state index in [1.54, 1.807) is 12.1 Å². The van der Waals surface area contributed by atoms with E-state index in [0.717, 1.165) is 39.3 Å². The lowest BCUT2D eigenvalue weighted by atomic mass is 9.92. The molecule has 0 spiro atoms. The van der Waals surface area contributed by atoms with Gasteiger partial charge in [0.15, 0.2) is 0 Å². The average molecular weight is 407 g/mol. The first-order valence-corrected chi connectivity index (χ1v) is 10.1. The predicted octanol–water partition coefficient (Wildman–Crippen LogP) is 4.01. The number of rotatable bonds is 4. The number of nitrogens with zero attached hydrogens (tertiary/aromatic N) is 1. The van der Waals surface area contributed by atoms with Crippen molar-refractivity contribution in [3.63, 3.8) is 0 Å². The van der Waals surface area contributed by atoms with E-state index in [1.807, 2.05) is 60.8 Å². The van der Waals surface area contributed by atoms with E-state index in [-0.39, 0.29) is 5.56 Å². The number of fused-ring (bicyclic) bond motifs is 2. The Morgan fingerprint density at radius 2 is 1.84 bits per heavy atom. The monoisotopic (exact) mass is 407 g/mol. The van der Waals surface area contributed by atoms with E-state index >= 15 is 0 Å². The second kappa shape index (κ2) is 7.95. The van der Waals surface area contributed by atoms with Crippen LogP contribution in [0.2, 0.25) is 0 Å². The number of imidazole rings is 1. The van der Waals surface area contributed by atoms with E-state index in [9.17, 15) is 9.90 Å². The van der Waals surface area contributed by atoms with Crippen molar-refractivity contribution in [3.8, 4) is 17.0 Å². The minimum atomic E-state index is -1.21. The molecular weight excluding hydrogens is 388 g/mol. The zero-order valence-electron chi connectivity index (χ0n) is 16.7. The van der Waals surface area contributed by atoms with Gasteiger partial charge >= 0.3 is 0 Å². The van der Waals surface area contributed by atoms with Crippen LogP contribution < -0.4 is 9.84 Å². The molecule has 5 rings (SSSR count). The first-order valence-electron chi connectivity index (χ1n) is 10.1. The van der Waals surface area contributed by atoms with Crippen LogP contribution in [0.1, 0.15) is 32.9 Å². The Morgan fingerprint density at radius 3 is 2.68 bits per heavy atom. The molecule has 3 aromatic carbocycles. The number of carbonyl (C=O) groups excluding carboxylic acids is 1. The Morgan fingerprint density at radius 1 is 1.03 bits per heavy atom. The van der Waals surface area contributed by atoms with Gasteiger partial charge < -0.3 is 19.6 Å². The predicted molar refractivity (Wildman–Crippen MR) is 116 cm³/mol. The van der Waals surface area contributed by atoms with Gasteiger partial charge in [-0.05, 0) is 46.0 Å². The first kappa shape index (κ1) is 18.9. The fourth-order valence-corrected chi connectivity index (χ4v) is 3.85. The summed E-state index contributed by atoms with van der Waals surface area (Å²) in [6.07, 6.45) is 4.46. The Kier molecular flexibility index (Phi) is 4.84. The Bertz CT molecular complexity index is 1290. The topological polar surface area (TPSA) is 78.0 Å². The largest absolute Gasteiger partial charge is 0.545 e. The van der Waals surface area contributed by atoms with Crippen molar-refractivity contribution in [2.45, 2.75) is 13.0 Å². The smallest absolute Gasteiger partial charge is 0.127 e. The third-order valence-corrected chi connectivity index (χ3v) is 5.41. The highest BCUT2D eigenvalue weighted by molar-refractivity contribution is 5.91. The fraction of sp³-hybridized carbons (Fsp3) is 0.0769. The average Bonchev–Trinajstić information content (AvgIpc) is 3.22. The number of hydrogen-bond acceptors (Lipinski definition) is 4. The molecule has 152 valence electrons. The van der Waals surface area contributed by atoms with Crippen molar-refractivity contribution >= 4 is 11.5 Å². The highest BCUT2D eigenvalue weighted by Crippen LogP contribution is 2.37. The van der Waals surface area contributed by atoms with Crippen LogP contribution in [0.15, 0.2) is 85.1 Å². The molecule has 0 atom stereocenters. The molecule has 0 radical (unpaired) electrons. The molecule has 5 nitrogen and oxygen atoms in total. The zero-order valence-corrected chi connectivity index (χ0v) is 16.7. The van der Waals surface area contributed by atoms with Crippen LogP contribution in [-0.4, -0.2) is 15.9 Å². The third-order valence-electron chi connectivity index (χ3n) is 5.41. The molecule has 0 amide bonds. The summed E-state index contributed by atoms with van der Waals surface area (Å²) in [7, 11) is 0. The van der Waals surface area contributed by atoms with Crippen molar-refractivity contribution < 1.29 is 14.6 Å². The molecule has 31 heavy (non-hydrogen) atoms. The Labute approximate surface area is 179 Å². The van der Waals surface area contributed by atoms with Crippen LogP contribution in [0.4, 0.5) is 0 Å². The number of allylic oxidation sites excluding steroid dienone is 1. The number of aromatic amines is 1. The van der Waals surface area contributed by atoms with Gasteiger partial charge in [-0.3, -0.25) is 0 Å². The highest BCUT2D eigenvalue weighted by atomic mass is 16.5. The number of benzene rings is 3. The van der Waals surface area contributed by atoms with E-state index in [4.69, 9.17) is 4.74 Å². The quantitative estimate of drug-likeness (QED) is 0.555. The van der Waals surface area contributed by atoms with Gasteiger partial charge in [-0.2, -0.15) is 0 Å². The molecule has 1 aliphatic heterocycles. The minimum Gasteiger partial charge on any atom is -0.545 e. The van der Waals surface area contributed by atoms with Gasteiger partial charge in [-0.1, -0.05) is 60.7 Å². The number of aromatic carboxylic acids is 1. The number of aromatic nitrogens is 2. The Balaban J connectivity index is 1.56. The van der Waals surface area contributed by atoms with Crippen LogP contribution in [0.3, 0.4) is 0 Å². The fourth-order valence-electron chi connectivity index (χ4n) is 3.85. The van der Waals surface area contributed by atoms with Crippen LogP contribution in [0.5, 0.6) is 5.75 Å². The second-order valence-electron chi connectivity index (χ2n) is 7.38. The number of nitrogens with one attached hydrogen (secondary N) is 1. The molecule has 1 N–H and O–H groups in total. The summed E-state index contributed by atoms with van der Waals surface area (Å²) in [4.78, 5) is 19.3. The maximum absolute atomic E-state index is 11.5. The van der Waals surface area contributed by atoms with Gasteiger partial charge in [-0.25, -0.2) is 4.98 Å². The lowest BCUT2D eigenvalue weighted by molar-refractivity contribution is -0.255. The maximum Gasteiger partial charge on any atom is 0.127 e. The molecule has 0 bridgehead atoms. The summed E-state index contributed by atoms with van der Waals surface area (Å²) < 4.78 is 5.98.